The van der Waals surface area contributed by atoms with Crippen molar-refractivity contribution in [2.45, 2.75) is 33.1 Å². The second kappa shape index (κ2) is 6.86. The number of hydrogen-bond acceptors (Lipinski definition) is 3. The van der Waals surface area contributed by atoms with Crippen molar-refractivity contribution in [1.29, 1.82) is 0 Å². The summed E-state index contributed by atoms with van der Waals surface area (Å²) in [7, 11) is 0. The first-order chi connectivity index (χ1) is 11.1. The lowest BCUT2D eigenvalue weighted by atomic mass is 9.96. The Bertz CT molecular complexity index is 674. The summed E-state index contributed by atoms with van der Waals surface area (Å²) in [5, 5.41) is 10.2. The maximum atomic E-state index is 12.5. The Labute approximate surface area is 136 Å². The van der Waals surface area contributed by atoms with Gasteiger partial charge in [-0.1, -0.05) is 18.2 Å². The standard InChI is InChI=1S/C18H23N3O2/c1-12-16(13(2)21-20-12)7-9-19-18(22)15-8-10-23-17-6-4-3-5-14(17)11-15/h3-6,15H,7-11H2,1-2H3,(H,19,22)(H,20,21)/t15-/m1/s1. The number of carbonyl (C=O) groups excluding carboxylic acids is 1. The number of nitrogens with zero attached hydrogens (tertiary/aromatic N) is 1. The van der Waals surface area contributed by atoms with Crippen LogP contribution in [-0.4, -0.2) is 29.3 Å². The summed E-state index contributed by atoms with van der Waals surface area (Å²) in [6, 6.07) is 7.97. The van der Waals surface area contributed by atoms with Gasteiger partial charge in [0.15, 0.2) is 0 Å². The minimum absolute atomic E-state index is 0.0230. The molecule has 0 saturated heterocycles. The third kappa shape index (κ3) is 3.55. The molecule has 2 aromatic rings. The second-order valence-electron chi connectivity index (χ2n) is 6.10. The van der Waals surface area contributed by atoms with Crippen molar-refractivity contribution in [3.05, 3.63) is 46.8 Å². The van der Waals surface area contributed by atoms with Crippen molar-refractivity contribution in [2.24, 2.45) is 5.92 Å². The van der Waals surface area contributed by atoms with Crippen LogP contribution in [0.1, 0.15) is 28.9 Å². The summed E-state index contributed by atoms with van der Waals surface area (Å²) in [6.07, 6.45) is 2.30. The predicted molar refractivity (Wildman–Crippen MR) is 88.5 cm³/mol. The Morgan fingerprint density at radius 1 is 1.39 bits per heavy atom. The van der Waals surface area contributed by atoms with Gasteiger partial charge >= 0.3 is 0 Å². The van der Waals surface area contributed by atoms with E-state index in [0.717, 1.165) is 42.0 Å². The third-order valence-corrected chi connectivity index (χ3v) is 4.49. The molecule has 1 aliphatic rings. The molecule has 0 saturated carbocycles. The number of H-pyrrole nitrogens is 1. The Morgan fingerprint density at radius 3 is 3.00 bits per heavy atom. The molecule has 23 heavy (non-hydrogen) atoms. The predicted octanol–water partition coefficient (Wildman–Crippen LogP) is 2.33. The minimum Gasteiger partial charge on any atom is -0.493 e. The molecule has 0 fully saturated rings. The van der Waals surface area contributed by atoms with E-state index in [9.17, 15) is 4.79 Å². The fraction of sp³-hybridized carbons (Fsp3) is 0.444. The van der Waals surface area contributed by atoms with E-state index in [2.05, 4.69) is 15.5 Å². The van der Waals surface area contributed by atoms with E-state index < -0.39 is 0 Å². The molecular formula is C18H23N3O2. The summed E-state index contributed by atoms with van der Waals surface area (Å²) in [5.41, 5.74) is 4.40. The van der Waals surface area contributed by atoms with Crippen LogP contribution in [0.25, 0.3) is 0 Å². The summed E-state index contributed by atoms with van der Waals surface area (Å²) in [4.78, 5) is 12.5. The largest absolute Gasteiger partial charge is 0.493 e. The number of nitrogens with one attached hydrogen (secondary N) is 2. The van der Waals surface area contributed by atoms with Gasteiger partial charge in [0.05, 0.1) is 12.3 Å². The SMILES string of the molecule is Cc1n[nH]c(C)c1CCNC(=O)[C@@H]1CCOc2ccccc2C1. The van der Waals surface area contributed by atoms with Crippen LogP contribution < -0.4 is 10.1 Å². The maximum Gasteiger partial charge on any atom is 0.223 e. The maximum absolute atomic E-state index is 12.5. The number of para-hydroxylation sites is 1. The molecule has 2 heterocycles. The lowest BCUT2D eigenvalue weighted by Crippen LogP contribution is -2.33. The first kappa shape index (κ1) is 15.6. The molecule has 1 aromatic heterocycles. The Kier molecular flexibility index (Phi) is 4.65. The number of benzene rings is 1. The van der Waals surface area contributed by atoms with Crippen LogP contribution in [0.4, 0.5) is 0 Å². The van der Waals surface area contributed by atoms with E-state index >= 15 is 0 Å². The Balaban J connectivity index is 1.56. The highest BCUT2D eigenvalue weighted by atomic mass is 16.5. The van der Waals surface area contributed by atoms with E-state index in [4.69, 9.17) is 4.74 Å². The fourth-order valence-electron chi connectivity index (χ4n) is 3.11. The number of aromatic amines is 1. The van der Waals surface area contributed by atoms with Gasteiger partial charge in [-0.2, -0.15) is 5.10 Å². The van der Waals surface area contributed by atoms with Crippen LogP contribution in [-0.2, 0) is 17.6 Å². The van der Waals surface area contributed by atoms with Gasteiger partial charge in [0.1, 0.15) is 5.75 Å². The van der Waals surface area contributed by atoms with Crippen molar-refractivity contribution in [2.75, 3.05) is 13.2 Å². The zero-order valence-electron chi connectivity index (χ0n) is 13.7. The van der Waals surface area contributed by atoms with Crippen molar-refractivity contribution >= 4 is 5.91 Å². The zero-order valence-corrected chi connectivity index (χ0v) is 13.7. The number of aromatic nitrogens is 2. The first-order valence-corrected chi connectivity index (χ1v) is 8.14. The van der Waals surface area contributed by atoms with Crippen molar-refractivity contribution in [3.8, 4) is 5.75 Å². The van der Waals surface area contributed by atoms with Gasteiger partial charge in [-0.15, -0.1) is 0 Å². The number of aryl methyl sites for hydroxylation is 2. The van der Waals surface area contributed by atoms with E-state index in [0.29, 0.717) is 13.2 Å². The number of amides is 1. The molecule has 1 atom stereocenters. The van der Waals surface area contributed by atoms with Crippen LogP contribution in [0, 0.1) is 19.8 Å². The summed E-state index contributed by atoms with van der Waals surface area (Å²) < 4.78 is 5.73. The molecule has 0 radical (unpaired) electrons. The second-order valence-corrected chi connectivity index (χ2v) is 6.10. The number of fused-ring (bicyclic) bond motifs is 1. The van der Waals surface area contributed by atoms with Crippen LogP contribution in [0.3, 0.4) is 0 Å². The van der Waals surface area contributed by atoms with E-state index in [1.165, 1.54) is 5.56 Å². The number of carbonyl (C=O) groups is 1. The molecule has 0 unspecified atom stereocenters. The van der Waals surface area contributed by atoms with Crippen molar-refractivity contribution < 1.29 is 9.53 Å². The lowest BCUT2D eigenvalue weighted by Gasteiger charge is -2.14. The van der Waals surface area contributed by atoms with Gasteiger partial charge in [0.2, 0.25) is 5.91 Å². The highest BCUT2D eigenvalue weighted by molar-refractivity contribution is 5.79. The Morgan fingerprint density at radius 2 is 2.22 bits per heavy atom. The Hall–Kier alpha value is -2.30. The number of ether oxygens (including phenoxy) is 1. The average Bonchev–Trinajstić information content (AvgIpc) is 2.77. The monoisotopic (exact) mass is 313 g/mol. The molecule has 0 aliphatic carbocycles. The molecule has 0 bridgehead atoms. The van der Waals surface area contributed by atoms with Crippen LogP contribution in [0.2, 0.25) is 0 Å². The van der Waals surface area contributed by atoms with E-state index in [1.54, 1.807) is 0 Å². The van der Waals surface area contributed by atoms with Crippen LogP contribution in [0.15, 0.2) is 24.3 Å². The van der Waals surface area contributed by atoms with Crippen molar-refractivity contribution in [1.82, 2.24) is 15.5 Å². The zero-order chi connectivity index (χ0) is 16.2. The molecule has 122 valence electrons. The summed E-state index contributed by atoms with van der Waals surface area (Å²) in [5.74, 6) is 1.00. The third-order valence-electron chi connectivity index (χ3n) is 4.49. The topological polar surface area (TPSA) is 67.0 Å². The quantitative estimate of drug-likeness (QED) is 0.910. The van der Waals surface area contributed by atoms with Crippen molar-refractivity contribution in [3.63, 3.8) is 0 Å². The normalized spacial score (nSPS) is 17.0. The average molecular weight is 313 g/mol. The molecule has 1 amide bonds. The van der Waals surface area contributed by atoms with Crippen LogP contribution in [0.5, 0.6) is 5.75 Å². The number of rotatable bonds is 4. The first-order valence-electron chi connectivity index (χ1n) is 8.14. The van der Waals surface area contributed by atoms with Gasteiger partial charge < -0.3 is 10.1 Å². The molecule has 1 aromatic carbocycles. The molecule has 1 aliphatic heterocycles. The number of hydrogen-bond donors (Lipinski definition) is 2. The molecular weight excluding hydrogens is 290 g/mol. The molecule has 5 heteroatoms. The van der Waals surface area contributed by atoms with E-state index in [-0.39, 0.29) is 11.8 Å². The van der Waals surface area contributed by atoms with Gasteiger partial charge in [0.25, 0.3) is 0 Å². The molecule has 5 nitrogen and oxygen atoms in total. The van der Waals surface area contributed by atoms with Gasteiger partial charge in [-0.25, -0.2) is 0 Å². The van der Waals surface area contributed by atoms with Gasteiger partial charge in [0, 0.05) is 18.2 Å². The summed E-state index contributed by atoms with van der Waals surface area (Å²) >= 11 is 0. The molecule has 0 spiro atoms. The fourth-order valence-corrected chi connectivity index (χ4v) is 3.11. The molecule has 3 rings (SSSR count). The van der Waals surface area contributed by atoms with Gasteiger partial charge in [-0.3, -0.25) is 9.89 Å². The van der Waals surface area contributed by atoms with E-state index in [1.807, 2.05) is 38.1 Å². The smallest absolute Gasteiger partial charge is 0.223 e. The van der Waals surface area contributed by atoms with Crippen LogP contribution >= 0.6 is 0 Å². The molecule has 2 N–H and O–H groups in total. The highest BCUT2D eigenvalue weighted by Crippen LogP contribution is 2.26. The van der Waals surface area contributed by atoms with Gasteiger partial charge in [-0.05, 0) is 50.3 Å². The summed E-state index contributed by atoms with van der Waals surface area (Å²) in [6.45, 7) is 5.23. The lowest BCUT2D eigenvalue weighted by molar-refractivity contribution is -0.125. The minimum atomic E-state index is -0.0230. The highest BCUT2D eigenvalue weighted by Gasteiger charge is 2.23.